The number of hydrogen-bond donors (Lipinski definition) is 1. The smallest absolute Gasteiger partial charge is 0.255 e. The van der Waals surface area contributed by atoms with E-state index in [0.29, 0.717) is 17.0 Å². The molecule has 1 fully saturated rings. The summed E-state index contributed by atoms with van der Waals surface area (Å²) in [5.41, 5.74) is 6.30. The molecule has 0 radical (unpaired) electrons. The molecule has 162 valence electrons. The van der Waals surface area contributed by atoms with Crippen LogP contribution in [0.5, 0.6) is 0 Å². The molecular formula is C25H26N6O. The Kier molecular flexibility index (Phi) is 5.41. The standard InChI is InChI=1S/C25H26N6O/c1-3-17-4-6-18(7-5-17)21-8-9-27-24-22(21)28-23(29-24)19-14-20(16-26-15-19)25(32)31-12-10-30(2)11-13-31/h4-9,14-16H,3,10-13H2,1-2H3,(H,27,28,29). The van der Waals surface area contributed by atoms with Crippen molar-refractivity contribution >= 4 is 17.1 Å². The van der Waals surface area contributed by atoms with Gasteiger partial charge in [0.1, 0.15) is 11.3 Å². The van der Waals surface area contributed by atoms with Crippen LogP contribution in [-0.4, -0.2) is 68.9 Å². The summed E-state index contributed by atoms with van der Waals surface area (Å²) < 4.78 is 0. The molecule has 0 atom stereocenters. The van der Waals surface area contributed by atoms with Crippen molar-refractivity contribution in [2.45, 2.75) is 13.3 Å². The number of hydrogen-bond acceptors (Lipinski definition) is 5. The molecule has 32 heavy (non-hydrogen) atoms. The zero-order valence-electron chi connectivity index (χ0n) is 18.4. The highest BCUT2D eigenvalue weighted by Crippen LogP contribution is 2.29. The Morgan fingerprint density at radius 1 is 1.03 bits per heavy atom. The molecule has 0 spiro atoms. The van der Waals surface area contributed by atoms with E-state index in [9.17, 15) is 4.79 Å². The lowest BCUT2D eigenvalue weighted by Gasteiger charge is -2.32. The number of benzene rings is 1. The van der Waals surface area contributed by atoms with Gasteiger partial charge in [0.15, 0.2) is 5.65 Å². The van der Waals surface area contributed by atoms with Crippen LogP contribution < -0.4 is 0 Å². The van der Waals surface area contributed by atoms with Crippen LogP contribution in [0.2, 0.25) is 0 Å². The lowest BCUT2D eigenvalue weighted by atomic mass is 10.0. The number of H-pyrrole nitrogens is 1. The quantitative estimate of drug-likeness (QED) is 0.539. The van der Waals surface area contributed by atoms with E-state index in [1.807, 2.05) is 17.0 Å². The van der Waals surface area contributed by atoms with E-state index in [2.05, 4.69) is 58.1 Å². The van der Waals surface area contributed by atoms with Crippen LogP contribution >= 0.6 is 0 Å². The Balaban J connectivity index is 1.47. The summed E-state index contributed by atoms with van der Waals surface area (Å²) in [6.45, 7) is 5.38. The molecule has 5 rings (SSSR count). The third-order valence-corrected chi connectivity index (χ3v) is 6.11. The van der Waals surface area contributed by atoms with Crippen molar-refractivity contribution in [2.24, 2.45) is 0 Å². The molecule has 7 nitrogen and oxygen atoms in total. The number of carbonyl (C=O) groups excluding carboxylic acids is 1. The fourth-order valence-electron chi connectivity index (χ4n) is 4.08. The van der Waals surface area contributed by atoms with E-state index in [4.69, 9.17) is 4.98 Å². The number of piperazine rings is 1. The largest absolute Gasteiger partial charge is 0.336 e. The zero-order chi connectivity index (χ0) is 22.1. The highest BCUT2D eigenvalue weighted by Gasteiger charge is 2.21. The number of rotatable bonds is 4. The molecule has 1 N–H and O–H groups in total. The van der Waals surface area contributed by atoms with Crippen LogP contribution in [0.15, 0.2) is 55.0 Å². The topological polar surface area (TPSA) is 78.0 Å². The van der Waals surface area contributed by atoms with E-state index in [0.717, 1.165) is 54.8 Å². The maximum atomic E-state index is 13.0. The van der Waals surface area contributed by atoms with Crippen molar-refractivity contribution < 1.29 is 4.79 Å². The fraction of sp³-hybridized carbons (Fsp3) is 0.280. The highest BCUT2D eigenvalue weighted by atomic mass is 16.2. The van der Waals surface area contributed by atoms with Crippen molar-refractivity contribution in [3.8, 4) is 22.5 Å². The monoisotopic (exact) mass is 426 g/mol. The van der Waals surface area contributed by atoms with E-state index >= 15 is 0 Å². The van der Waals surface area contributed by atoms with Gasteiger partial charge in [0, 0.05) is 55.9 Å². The molecule has 7 heteroatoms. The van der Waals surface area contributed by atoms with E-state index in [1.54, 1.807) is 18.6 Å². The number of imidazole rings is 1. The molecule has 0 saturated carbocycles. The van der Waals surface area contributed by atoms with Gasteiger partial charge in [-0.25, -0.2) is 9.97 Å². The number of aromatic amines is 1. The van der Waals surface area contributed by atoms with Crippen LogP contribution in [0.4, 0.5) is 0 Å². The molecule has 0 aliphatic carbocycles. The molecule has 0 unspecified atom stereocenters. The van der Waals surface area contributed by atoms with Crippen LogP contribution in [-0.2, 0) is 6.42 Å². The van der Waals surface area contributed by atoms with Crippen molar-refractivity contribution in [3.05, 3.63) is 66.1 Å². The number of nitrogens with one attached hydrogen (secondary N) is 1. The van der Waals surface area contributed by atoms with Gasteiger partial charge < -0.3 is 14.8 Å². The van der Waals surface area contributed by atoms with E-state index < -0.39 is 0 Å². The van der Waals surface area contributed by atoms with Gasteiger partial charge in [-0.1, -0.05) is 31.2 Å². The van der Waals surface area contributed by atoms with Gasteiger partial charge in [-0.15, -0.1) is 0 Å². The highest BCUT2D eigenvalue weighted by molar-refractivity contribution is 5.95. The fourth-order valence-corrected chi connectivity index (χ4v) is 4.08. The van der Waals surface area contributed by atoms with Crippen molar-refractivity contribution in [2.75, 3.05) is 33.2 Å². The molecular weight excluding hydrogens is 400 g/mol. The average Bonchev–Trinajstić information content (AvgIpc) is 3.29. The minimum absolute atomic E-state index is 0.0124. The molecule has 3 aromatic heterocycles. The summed E-state index contributed by atoms with van der Waals surface area (Å²) in [5, 5.41) is 0. The number of pyridine rings is 2. The molecule has 1 aromatic carbocycles. The van der Waals surface area contributed by atoms with Crippen molar-refractivity contribution in [1.82, 2.24) is 29.7 Å². The number of fused-ring (bicyclic) bond motifs is 1. The second-order valence-electron chi connectivity index (χ2n) is 8.25. The van der Waals surface area contributed by atoms with E-state index in [1.165, 1.54) is 5.56 Å². The summed E-state index contributed by atoms with van der Waals surface area (Å²) in [4.78, 5) is 34.0. The Labute approximate surface area is 187 Å². The van der Waals surface area contributed by atoms with Gasteiger partial charge in [0.2, 0.25) is 0 Å². The lowest BCUT2D eigenvalue weighted by molar-refractivity contribution is 0.0663. The Bertz CT molecular complexity index is 1260. The number of nitrogens with zero attached hydrogens (tertiary/aromatic N) is 5. The molecule has 4 aromatic rings. The van der Waals surface area contributed by atoms with E-state index in [-0.39, 0.29) is 5.91 Å². The van der Waals surface area contributed by atoms with Gasteiger partial charge in [0.25, 0.3) is 5.91 Å². The van der Waals surface area contributed by atoms with Crippen LogP contribution in [0.3, 0.4) is 0 Å². The SMILES string of the molecule is CCc1ccc(-c2ccnc3[nH]c(-c4cncc(C(=O)N5CCN(C)CC5)c4)nc23)cc1. The second-order valence-corrected chi connectivity index (χ2v) is 8.25. The Hall–Kier alpha value is -3.58. The van der Waals surface area contributed by atoms with Crippen molar-refractivity contribution in [1.29, 1.82) is 0 Å². The summed E-state index contributed by atoms with van der Waals surface area (Å²) in [5.74, 6) is 0.670. The third-order valence-electron chi connectivity index (χ3n) is 6.11. The molecule has 1 aliphatic rings. The molecule has 1 aliphatic heterocycles. The van der Waals surface area contributed by atoms with Crippen molar-refractivity contribution in [3.63, 3.8) is 0 Å². The minimum Gasteiger partial charge on any atom is -0.336 e. The van der Waals surface area contributed by atoms with Gasteiger partial charge >= 0.3 is 0 Å². The predicted molar refractivity (Wildman–Crippen MR) is 125 cm³/mol. The lowest BCUT2D eigenvalue weighted by Crippen LogP contribution is -2.47. The predicted octanol–water partition coefficient (Wildman–Crippen LogP) is 3.64. The normalized spacial score (nSPS) is 14.8. The molecule has 4 heterocycles. The molecule has 1 saturated heterocycles. The van der Waals surface area contributed by atoms with Gasteiger partial charge in [-0.05, 0) is 36.7 Å². The first-order valence-corrected chi connectivity index (χ1v) is 11.0. The summed E-state index contributed by atoms with van der Waals surface area (Å²) in [7, 11) is 2.08. The maximum absolute atomic E-state index is 13.0. The van der Waals surface area contributed by atoms with Gasteiger partial charge in [0.05, 0.1) is 5.56 Å². The number of likely N-dealkylation sites (N-methyl/N-ethyl adjacent to an activating group) is 1. The minimum atomic E-state index is 0.0124. The number of carbonyl (C=O) groups is 1. The molecule has 1 amide bonds. The van der Waals surface area contributed by atoms with Gasteiger partial charge in [-0.2, -0.15) is 0 Å². The zero-order valence-corrected chi connectivity index (χ0v) is 18.4. The molecule has 0 bridgehead atoms. The maximum Gasteiger partial charge on any atom is 0.255 e. The third kappa shape index (κ3) is 3.87. The summed E-state index contributed by atoms with van der Waals surface area (Å²) in [6.07, 6.45) is 6.16. The number of amides is 1. The summed E-state index contributed by atoms with van der Waals surface area (Å²) >= 11 is 0. The Morgan fingerprint density at radius 2 is 1.81 bits per heavy atom. The first-order chi connectivity index (χ1) is 15.6. The van der Waals surface area contributed by atoms with Crippen LogP contribution in [0.25, 0.3) is 33.7 Å². The first-order valence-electron chi connectivity index (χ1n) is 11.0. The second kappa shape index (κ2) is 8.51. The summed E-state index contributed by atoms with van der Waals surface area (Å²) in [6, 6.07) is 12.4. The number of aromatic nitrogens is 4. The number of aryl methyl sites for hydroxylation is 1. The first kappa shape index (κ1) is 20.3. The van der Waals surface area contributed by atoms with Crippen LogP contribution in [0.1, 0.15) is 22.8 Å². The average molecular weight is 427 g/mol. The Morgan fingerprint density at radius 3 is 2.56 bits per heavy atom. The van der Waals surface area contributed by atoms with Crippen LogP contribution in [0, 0.1) is 0 Å². The van der Waals surface area contributed by atoms with Gasteiger partial charge in [-0.3, -0.25) is 9.78 Å².